The molecule has 0 aliphatic heterocycles. The van der Waals surface area contributed by atoms with E-state index >= 15 is 0 Å². The van der Waals surface area contributed by atoms with Crippen LogP contribution in [0.3, 0.4) is 0 Å². The molecule has 1 aromatic rings. The molecular weight excluding hydrogens is 395 g/mol. The van der Waals surface area contributed by atoms with Crippen molar-refractivity contribution in [2.24, 2.45) is 5.92 Å². The van der Waals surface area contributed by atoms with Gasteiger partial charge in [-0.05, 0) is 12.1 Å². The normalized spacial score (nSPS) is 12.8. The van der Waals surface area contributed by atoms with Crippen LogP contribution in [0.15, 0.2) is 18.2 Å². The zero-order valence-corrected chi connectivity index (χ0v) is 11.8. The molecular formula is C12H4F9O5-. The molecule has 0 saturated heterocycles. The first-order chi connectivity index (χ1) is 11.5. The second-order valence-corrected chi connectivity index (χ2v) is 4.47. The summed E-state index contributed by atoms with van der Waals surface area (Å²) < 4.78 is 118. The maximum atomic E-state index is 12.4. The number of halogens is 9. The number of carbonyl (C=O) groups is 2. The molecule has 0 aliphatic carbocycles. The van der Waals surface area contributed by atoms with E-state index in [1.165, 1.54) is 0 Å². The number of rotatable bonds is 4. The lowest BCUT2D eigenvalue weighted by Crippen LogP contribution is -2.44. The Bertz CT molecular complexity index is 676. The molecule has 0 radical (unpaired) electrons. The maximum absolute atomic E-state index is 12.4. The van der Waals surface area contributed by atoms with Crippen molar-refractivity contribution in [3.63, 3.8) is 0 Å². The minimum Gasteiger partial charge on any atom is -0.545 e. The molecule has 1 rings (SSSR count). The number of hydrogen-bond acceptors (Lipinski definition) is 5. The van der Waals surface area contributed by atoms with Gasteiger partial charge < -0.3 is 19.4 Å². The number of ether oxygens (including phenoxy) is 2. The number of esters is 1. The van der Waals surface area contributed by atoms with Gasteiger partial charge in [-0.2, -0.15) is 26.3 Å². The Balaban J connectivity index is 3.25. The van der Waals surface area contributed by atoms with E-state index in [1.807, 2.05) is 0 Å². The minimum atomic E-state index is -6.12. The molecule has 0 spiro atoms. The fraction of sp³-hybridized carbons (Fsp3) is 0.333. The molecule has 0 fully saturated rings. The van der Waals surface area contributed by atoms with Crippen molar-refractivity contribution in [2.75, 3.05) is 0 Å². The molecule has 5 nitrogen and oxygen atoms in total. The van der Waals surface area contributed by atoms with Crippen molar-refractivity contribution in [3.05, 3.63) is 23.8 Å². The van der Waals surface area contributed by atoms with Crippen molar-refractivity contribution in [2.45, 2.75) is 18.7 Å². The van der Waals surface area contributed by atoms with Gasteiger partial charge in [-0.25, -0.2) is 0 Å². The average molecular weight is 399 g/mol. The van der Waals surface area contributed by atoms with E-state index in [9.17, 15) is 54.2 Å². The summed E-state index contributed by atoms with van der Waals surface area (Å²) in [5.74, 6) is -12.4. The topological polar surface area (TPSA) is 75.7 Å². The maximum Gasteiger partial charge on any atom is 0.573 e. The summed E-state index contributed by atoms with van der Waals surface area (Å²) in [7, 11) is 0. The molecule has 0 atom stereocenters. The third-order valence-corrected chi connectivity index (χ3v) is 2.46. The Morgan fingerprint density at radius 1 is 0.846 bits per heavy atom. The highest BCUT2D eigenvalue weighted by atomic mass is 19.4. The van der Waals surface area contributed by atoms with Crippen molar-refractivity contribution >= 4 is 11.9 Å². The zero-order chi connectivity index (χ0) is 20.5. The largest absolute Gasteiger partial charge is 0.573 e. The van der Waals surface area contributed by atoms with Crippen LogP contribution in [-0.2, 0) is 4.79 Å². The highest BCUT2D eigenvalue weighted by molar-refractivity contribution is 5.87. The Morgan fingerprint density at radius 2 is 1.31 bits per heavy atom. The molecule has 14 heteroatoms. The summed E-state index contributed by atoms with van der Waals surface area (Å²) in [6.45, 7) is 0. The monoisotopic (exact) mass is 399 g/mol. The van der Waals surface area contributed by atoms with Crippen LogP contribution in [0.5, 0.6) is 11.5 Å². The van der Waals surface area contributed by atoms with Crippen LogP contribution in [0.4, 0.5) is 39.5 Å². The first-order valence-electron chi connectivity index (χ1n) is 5.98. The van der Waals surface area contributed by atoms with Crippen LogP contribution in [0, 0.1) is 5.92 Å². The Kier molecular flexibility index (Phi) is 5.68. The van der Waals surface area contributed by atoms with Crippen LogP contribution < -0.4 is 14.6 Å². The van der Waals surface area contributed by atoms with Gasteiger partial charge in [0.15, 0.2) is 0 Å². The molecule has 0 bridgehead atoms. The average Bonchev–Trinajstić information content (AvgIpc) is 2.31. The molecule has 26 heavy (non-hydrogen) atoms. The molecule has 1 aromatic carbocycles. The summed E-state index contributed by atoms with van der Waals surface area (Å²) in [5.41, 5.74) is -1.16. The number of carbonyl (C=O) groups excluding carboxylic acids is 2. The lowest BCUT2D eigenvalue weighted by molar-refractivity contribution is -0.279. The summed E-state index contributed by atoms with van der Waals surface area (Å²) in [4.78, 5) is 21.9. The first-order valence-corrected chi connectivity index (χ1v) is 5.98. The van der Waals surface area contributed by atoms with Crippen molar-refractivity contribution < 1.29 is 63.7 Å². The molecule has 0 aromatic heterocycles. The summed E-state index contributed by atoms with van der Waals surface area (Å²) in [5, 5.41) is 10.7. The van der Waals surface area contributed by atoms with E-state index in [1.54, 1.807) is 0 Å². The molecule has 0 heterocycles. The van der Waals surface area contributed by atoms with Gasteiger partial charge in [0.1, 0.15) is 11.5 Å². The van der Waals surface area contributed by atoms with Crippen LogP contribution in [0.2, 0.25) is 0 Å². The van der Waals surface area contributed by atoms with Crippen LogP contribution >= 0.6 is 0 Å². The number of carboxylic acids is 1. The van der Waals surface area contributed by atoms with Gasteiger partial charge in [0.05, 0.1) is 5.97 Å². The highest BCUT2D eigenvalue weighted by Crippen LogP contribution is 2.40. The third kappa shape index (κ3) is 6.00. The van der Waals surface area contributed by atoms with E-state index in [0.29, 0.717) is 0 Å². The Hall–Kier alpha value is -2.67. The van der Waals surface area contributed by atoms with Gasteiger partial charge in [0.2, 0.25) is 5.92 Å². The SMILES string of the molecule is O=C([O-])c1cc(OC(=O)C(C(F)(F)F)C(F)(F)F)cc(OC(F)(F)F)c1. The molecule has 0 amide bonds. The van der Waals surface area contributed by atoms with Gasteiger partial charge in [-0.1, -0.05) is 0 Å². The Morgan fingerprint density at radius 3 is 1.69 bits per heavy atom. The van der Waals surface area contributed by atoms with E-state index < -0.39 is 53.6 Å². The van der Waals surface area contributed by atoms with Gasteiger partial charge >= 0.3 is 24.7 Å². The van der Waals surface area contributed by atoms with Gasteiger partial charge in [0.25, 0.3) is 0 Å². The van der Waals surface area contributed by atoms with Crippen molar-refractivity contribution in [1.29, 1.82) is 0 Å². The van der Waals surface area contributed by atoms with Crippen LogP contribution in [0.1, 0.15) is 10.4 Å². The minimum absolute atomic E-state index is 0.0711. The van der Waals surface area contributed by atoms with Gasteiger partial charge in [0, 0.05) is 11.6 Å². The lowest BCUT2D eigenvalue weighted by atomic mass is 10.1. The smallest absolute Gasteiger partial charge is 0.545 e. The number of hydrogen-bond donors (Lipinski definition) is 0. The molecule has 0 N–H and O–H groups in total. The van der Waals surface area contributed by atoms with E-state index in [4.69, 9.17) is 0 Å². The lowest BCUT2D eigenvalue weighted by Gasteiger charge is -2.21. The summed E-state index contributed by atoms with van der Waals surface area (Å²) in [6, 6.07) is 0.451. The number of carboxylic acid groups (broad SMARTS) is 1. The molecule has 146 valence electrons. The number of alkyl halides is 9. The fourth-order valence-corrected chi connectivity index (χ4v) is 1.57. The summed E-state index contributed by atoms with van der Waals surface area (Å²) in [6.07, 6.45) is -17.6. The molecule has 0 saturated carbocycles. The summed E-state index contributed by atoms with van der Waals surface area (Å²) >= 11 is 0. The second kappa shape index (κ2) is 6.92. The van der Waals surface area contributed by atoms with E-state index in [-0.39, 0.29) is 18.2 Å². The number of benzene rings is 1. The van der Waals surface area contributed by atoms with Crippen molar-refractivity contribution in [1.82, 2.24) is 0 Å². The second-order valence-electron chi connectivity index (χ2n) is 4.47. The highest BCUT2D eigenvalue weighted by Gasteiger charge is 2.62. The fourth-order valence-electron chi connectivity index (χ4n) is 1.57. The standard InChI is InChI=1S/C12H5F9O5/c13-10(14,15)7(11(16,17)18)9(24)25-5-1-4(8(22)23)2-6(3-5)26-12(19,20)21/h1-3,7H,(H,22,23)/p-1. The van der Waals surface area contributed by atoms with Crippen LogP contribution in [-0.4, -0.2) is 30.7 Å². The predicted octanol–water partition coefficient (Wildman–Crippen LogP) is 2.59. The quantitative estimate of drug-likeness (QED) is 0.442. The van der Waals surface area contributed by atoms with Gasteiger partial charge in [-0.15, -0.1) is 13.2 Å². The first kappa shape index (κ1) is 21.4. The van der Waals surface area contributed by atoms with E-state index in [2.05, 4.69) is 9.47 Å². The van der Waals surface area contributed by atoms with Crippen molar-refractivity contribution in [3.8, 4) is 11.5 Å². The van der Waals surface area contributed by atoms with E-state index in [0.717, 1.165) is 0 Å². The predicted molar refractivity (Wildman–Crippen MR) is 58.7 cm³/mol. The van der Waals surface area contributed by atoms with Crippen LogP contribution in [0.25, 0.3) is 0 Å². The third-order valence-electron chi connectivity index (χ3n) is 2.46. The molecule has 0 aliphatic rings. The van der Waals surface area contributed by atoms with Gasteiger partial charge in [-0.3, -0.25) is 4.79 Å². The number of aromatic carboxylic acids is 1. The zero-order valence-electron chi connectivity index (χ0n) is 11.8. The Labute approximate surface area is 136 Å². The molecule has 0 unspecified atom stereocenters.